The molecule has 0 aliphatic heterocycles. The third-order valence-corrected chi connectivity index (χ3v) is 5.98. The van der Waals surface area contributed by atoms with Crippen LogP contribution in [0.4, 0.5) is 0 Å². The number of H-pyrrole nitrogens is 1. The molecule has 4 rings (SSSR count). The first-order chi connectivity index (χ1) is 13.6. The van der Waals surface area contributed by atoms with Gasteiger partial charge in [0.2, 0.25) is 0 Å². The molecular weight excluding hydrogens is 380 g/mol. The van der Waals surface area contributed by atoms with E-state index in [9.17, 15) is 9.59 Å². The van der Waals surface area contributed by atoms with Gasteiger partial charge in [-0.1, -0.05) is 6.07 Å². The monoisotopic (exact) mass is 400 g/mol. The number of aromatic amines is 1. The highest BCUT2D eigenvalue weighted by Gasteiger charge is 2.21. The molecular formula is C20H20N2O5S. The second-order valence-electron chi connectivity index (χ2n) is 6.58. The summed E-state index contributed by atoms with van der Waals surface area (Å²) in [5.41, 5.74) is 1.72. The number of rotatable bonds is 6. The van der Waals surface area contributed by atoms with E-state index in [4.69, 9.17) is 14.2 Å². The first kappa shape index (κ1) is 18.5. The largest absolute Gasteiger partial charge is 0.493 e. The number of fused-ring (bicyclic) bond motifs is 3. The van der Waals surface area contributed by atoms with Crippen LogP contribution in [-0.2, 0) is 35.4 Å². The maximum Gasteiger partial charge on any atom is 0.310 e. The summed E-state index contributed by atoms with van der Waals surface area (Å²) in [4.78, 5) is 33.8. The lowest BCUT2D eigenvalue weighted by molar-refractivity contribution is -0.144. The van der Waals surface area contributed by atoms with Gasteiger partial charge in [-0.25, -0.2) is 4.98 Å². The van der Waals surface area contributed by atoms with Crippen LogP contribution in [0.1, 0.15) is 28.2 Å². The summed E-state index contributed by atoms with van der Waals surface area (Å²) in [5.74, 6) is 1.09. The van der Waals surface area contributed by atoms with Crippen LogP contribution in [0.5, 0.6) is 11.5 Å². The van der Waals surface area contributed by atoms with Crippen LogP contribution in [-0.4, -0.2) is 30.2 Å². The summed E-state index contributed by atoms with van der Waals surface area (Å²) in [6, 6.07) is 5.26. The number of carbonyl (C=O) groups is 1. The minimum atomic E-state index is -0.413. The summed E-state index contributed by atoms with van der Waals surface area (Å²) >= 11 is 1.56. The highest BCUT2D eigenvalue weighted by molar-refractivity contribution is 7.18. The molecule has 1 aliphatic carbocycles. The normalized spacial score (nSPS) is 12.8. The smallest absolute Gasteiger partial charge is 0.310 e. The average molecular weight is 400 g/mol. The van der Waals surface area contributed by atoms with E-state index >= 15 is 0 Å². The summed E-state index contributed by atoms with van der Waals surface area (Å²) in [7, 11) is 3.09. The molecule has 3 aromatic rings. The third-order valence-electron chi connectivity index (χ3n) is 4.79. The predicted molar refractivity (Wildman–Crippen MR) is 105 cm³/mol. The van der Waals surface area contributed by atoms with Crippen LogP contribution in [0.25, 0.3) is 10.2 Å². The molecule has 0 saturated carbocycles. The van der Waals surface area contributed by atoms with E-state index in [1.54, 1.807) is 43.8 Å². The minimum absolute atomic E-state index is 0.0696. The molecule has 0 amide bonds. The lowest BCUT2D eigenvalue weighted by atomic mass is 10.1. The van der Waals surface area contributed by atoms with E-state index in [2.05, 4.69) is 9.97 Å². The molecule has 7 nitrogen and oxygen atoms in total. The number of nitrogens with one attached hydrogen (secondary N) is 1. The zero-order valence-corrected chi connectivity index (χ0v) is 16.5. The molecule has 2 aromatic heterocycles. The Balaban J connectivity index is 1.44. The predicted octanol–water partition coefficient (Wildman–Crippen LogP) is 2.78. The molecule has 28 heavy (non-hydrogen) atoms. The molecule has 2 heterocycles. The number of hydrogen-bond acceptors (Lipinski definition) is 7. The van der Waals surface area contributed by atoms with E-state index < -0.39 is 5.97 Å². The van der Waals surface area contributed by atoms with Gasteiger partial charge < -0.3 is 19.2 Å². The molecule has 0 unspecified atom stereocenters. The molecule has 8 heteroatoms. The van der Waals surface area contributed by atoms with E-state index in [-0.39, 0.29) is 18.6 Å². The molecule has 1 N–H and O–H groups in total. The van der Waals surface area contributed by atoms with Crippen LogP contribution in [0.2, 0.25) is 0 Å². The summed E-state index contributed by atoms with van der Waals surface area (Å²) < 4.78 is 15.7. The first-order valence-corrected chi connectivity index (χ1v) is 9.80. The zero-order chi connectivity index (χ0) is 19.7. The van der Waals surface area contributed by atoms with Crippen LogP contribution in [0.15, 0.2) is 23.0 Å². The summed E-state index contributed by atoms with van der Waals surface area (Å²) in [6.45, 7) is -0.0696. The zero-order valence-electron chi connectivity index (χ0n) is 15.7. The van der Waals surface area contributed by atoms with Gasteiger partial charge in [-0.15, -0.1) is 11.3 Å². The van der Waals surface area contributed by atoms with Crippen molar-refractivity contribution in [1.82, 2.24) is 9.97 Å². The summed E-state index contributed by atoms with van der Waals surface area (Å²) in [5, 5.41) is 0.693. The van der Waals surface area contributed by atoms with Crippen LogP contribution in [0.3, 0.4) is 0 Å². The van der Waals surface area contributed by atoms with Gasteiger partial charge in [0.1, 0.15) is 17.3 Å². The number of carbonyl (C=O) groups excluding carboxylic acids is 1. The van der Waals surface area contributed by atoms with Gasteiger partial charge in [0.25, 0.3) is 5.56 Å². The topological polar surface area (TPSA) is 90.5 Å². The fraction of sp³-hybridized carbons (Fsp3) is 0.350. The number of thiophene rings is 1. The highest BCUT2D eigenvalue weighted by atomic mass is 32.1. The van der Waals surface area contributed by atoms with Crippen molar-refractivity contribution in [2.45, 2.75) is 32.3 Å². The first-order valence-electron chi connectivity index (χ1n) is 8.99. The molecule has 0 spiro atoms. The van der Waals surface area contributed by atoms with E-state index in [0.29, 0.717) is 22.7 Å². The lowest BCUT2D eigenvalue weighted by Gasteiger charge is -2.09. The Morgan fingerprint density at radius 2 is 2.04 bits per heavy atom. The molecule has 1 aromatic carbocycles. The van der Waals surface area contributed by atoms with Crippen molar-refractivity contribution in [1.29, 1.82) is 0 Å². The van der Waals surface area contributed by atoms with Crippen LogP contribution >= 0.6 is 11.3 Å². The second-order valence-corrected chi connectivity index (χ2v) is 7.66. The Morgan fingerprint density at radius 3 is 2.82 bits per heavy atom. The van der Waals surface area contributed by atoms with E-state index in [0.717, 1.165) is 35.2 Å². The number of aryl methyl sites for hydroxylation is 2. The van der Waals surface area contributed by atoms with Crippen molar-refractivity contribution < 1.29 is 19.0 Å². The van der Waals surface area contributed by atoms with Gasteiger partial charge in [-0.3, -0.25) is 9.59 Å². The fourth-order valence-corrected chi connectivity index (χ4v) is 4.75. The number of esters is 1. The van der Waals surface area contributed by atoms with Crippen molar-refractivity contribution in [2.75, 3.05) is 14.2 Å². The average Bonchev–Trinajstić information content (AvgIpc) is 3.27. The van der Waals surface area contributed by atoms with Gasteiger partial charge >= 0.3 is 5.97 Å². The maximum absolute atomic E-state index is 12.4. The van der Waals surface area contributed by atoms with Crippen molar-refractivity contribution in [3.05, 3.63) is 50.4 Å². The Kier molecular flexibility index (Phi) is 5.04. The second kappa shape index (κ2) is 7.63. The number of methoxy groups -OCH3 is 2. The van der Waals surface area contributed by atoms with Gasteiger partial charge in [0.05, 0.1) is 26.0 Å². The molecule has 0 saturated heterocycles. The quantitative estimate of drug-likeness (QED) is 0.640. The minimum Gasteiger partial charge on any atom is -0.493 e. The number of nitrogens with zero attached hydrogens (tertiary/aromatic N) is 1. The molecule has 0 atom stereocenters. The maximum atomic E-state index is 12.4. The van der Waals surface area contributed by atoms with Crippen LogP contribution in [0, 0.1) is 0 Å². The van der Waals surface area contributed by atoms with Crippen molar-refractivity contribution in [3.8, 4) is 11.5 Å². The van der Waals surface area contributed by atoms with Crippen molar-refractivity contribution >= 4 is 27.5 Å². The lowest BCUT2D eigenvalue weighted by Crippen LogP contribution is -2.15. The third kappa shape index (κ3) is 3.47. The standard InChI is InChI=1S/C20H20N2O5S/c1-25-13-7-6-11(8-14(13)26-2)9-17(23)27-10-16-21-19(24)18-12-4-3-5-15(12)28-20(18)22-16/h6-8H,3-5,9-10H2,1-2H3,(H,21,22,24). The Morgan fingerprint density at radius 1 is 1.21 bits per heavy atom. The van der Waals surface area contributed by atoms with E-state index in [1.165, 1.54) is 4.88 Å². The van der Waals surface area contributed by atoms with E-state index in [1.807, 2.05) is 0 Å². The fourth-order valence-electron chi connectivity index (χ4n) is 3.47. The Hall–Kier alpha value is -2.87. The number of hydrogen-bond donors (Lipinski definition) is 1. The van der Waals surface area contributed by atoms with Gasteiger partial charge in [-0.05, 0) is 42.5 Å². The van der Waals surface area contributed by atoms with Gasteiger partial charge in [0, 0.05) is 4.88 Å². The number of ether oxygens (including phenoxy) is 3. The molecule has 0 radical (unpaired) electrons. The van der Waals surface area contributed by atoms with Gasteiger partial charge in [-0.2, -0.15) is 0 Å². The number of aromatic nitrogens is 2. The van der Waals surface area contributed by atoms with Gasteiger partial charge in [0.15, 0.2) is 11.5 Å². The summed E-state index contributed by atoms with van der Waals surface area (Å²) in [6.07, 6.45) is 3.11. The van der Waals surface area contributed by atoms with Crippen molar-refractivity contribution in [3.63, 3.8) is 0 Å². The Bertz CT molecular complexity index is 1100. The molecule has 0 fully saturated rings. The van der Waals surface area contributed by atoms with Crippen molar-refractivity contribution in [2.24, 2.45) is 0 Å². The Labute approximate surface area is 165 Å². The van der Waals surface area contributed by atoms with Crippen LogP contribution < -0.4 is 15.0 Å². The SMILES string of the molecule is COc1ccc(CC(=O)OCc2nc3sc4c(c3c(=O)[nH]2)CCC4)cc1OC. The molecule has 0 bridgehead atoms. The molecule has 1 aliphatic rings. The highest BCUT2D eigenvalue weighted by Crippen LogP contribution is 2.34. The molecule has 146 valence electrons. The number of benzene rings is 1.